The minimum Gasteiger partial charge on any atom is -0.504 e. The molecule has 0 aliphatic rings. The van der Waals surface area contributed by atoms with E-state index in [1.165, 1.54) is 6.07 Å². The second-order valence-corrected chi connectivity index (χ2v) is 5.61. The SMILES string of the molecule is Oc1c(O)c(O)c(-c2ccc(Cl)cc2-c2ccccc2)c(O)c1O. The van der Waals surface area contributed by atoms with E-state index in [0.717, 1.165) is 5.56 Å². The summed E-state index contributed by atoms with van der Waals surface area (Å²) in [5.74, 6) is -4.34. The van der Waals surface area contributed by atoms with Crippen LogP contribution in [0.1, 0.15) is 0 Å². The highest BCUT2D eigenvalue weighted by Crippen LogP contribution is 2.56. The molecule has 3 aromatic carbocycles. The van der Waals surface area contributed by atoms with E-state index in [-0.39, 0.29) is 5.56 Å². The fraction of sp³-hybridized carbons (Fsp3) is 0. The molecule has 0 unspecified atom stereocenters. The fourth-order valence-corrected chi connectivity index (χ4v) is 2.70. The van der Waals surface area contributed by atoms with E-state index in [0.29, 0.717) is 16.1 Å². The average Bonchev–Trinajstić information content (AvgIpc) is 2.60. The second kappa shape index (κ2) is 5.86. The Hall–Kier alpha value is -3.05. The Balaban J connectivity index is 2.37. The first-order chi connectivity index (χ1) is 11.4. The Morgan fingerprint density at radius 1 is 0.583 bits per heavy atom. The fourth-order valence-electron chi connectivity index (χ4n) is 2.53. The van der Waals surface area contributed by atoms with Gasteiger partial charge >= 0.3 is 0 Å². The van der Waals surface area contributed by atoms with Gasteiger partial charge in [-0.3, -0.25) is 0 Å². The molecule has 0 atom stereocenters. The van der Waals surface area contributed by atoms with Crippen molar-refractivity contribution >= 4 is 11.6 Å². The number of hydrogen-bond donors (Lipinski definition) is 5. The van der Waals surface area contributed by atoms with Crippen LogP contribution in [0.25, 0.3) is 22.3 Å². The zero-order valence-electron chi connectivity index (χ0n) is 12.2. The third-order valence-corrected chi connectivity index (χ3v) is 3.94. The van der Waals surface area contributed by atoms with Gasteiger partial charge in [-0.15, -0.1) is 0 Å². The van der Waals surface area contributed by atoms with Crippen molar-refractivity contribution < 1.29 is 25.5 Å². The van der Waals surface area contributed by atoms with Gasteiger partial charge in [0.1, 0.15) is 0 Å². The Labute approximate surface area is 142 Å². The maximum absolute atomic E-state index is 10.2. The van der Waals surface area contributed by atoms with Crippen LogP contribution in [0.15, 0.2) is 48.5 Å². The minimum absolute atomic E-state index is 0.210. The molecule has 0 radical (unpaired) electrons. The molecule has 5 nitrogen and oxygen atoms in total. The molecule has 0 saturated heterocycles. The molecule has 5 N–H and O–H groups in total. The lowest BCUT2D eigenvalue weighted by molar-refractivity contribution is 0.330. The summed E-state index contributed by atoms with van der Waals surface area (Å²) >= 11 is 6.06. The summed E-state index contributed by atoms with van der Waals surface area (Å²) in [7, 11) is 0. The van der Waals surface area contributed by atoms with Crippen molar-refractivity contribution in [2.75, 3.05) is 0 Å². The number of hydrogen-bond acceptors (Lipinski definition) is 5. The van der Waals surface area contributed by atoms with Crippen LogP contribution in [0, 0.1) is 0 Å². The molecule has 0 bridgehead atoms. The van der Waals surface area contributed by atoms with Crippen LogP contribution in [0.2, 0.25) is 5.02 Å². The van der Waals surface area contributed by atoms with E-state index in [1.54, 1.807) is 12.1 Å². The molecule has 0 aromatic heterocycles. The maximum Gasteiger partial charge on any atom is 0.208 e. The lowest BCUT2D eigenvalue weighted by atomic mass is 9.93. The molecule has 24 heavy (non-hydrogen) atoms. The zero-order chi connectivity index (χ0) is 17.4. The molecule has 0 spiro atoms. The molecule has 0 amide bonds. The summed E-state index contributed by atoms with van der Waals surface area (Å²) < 4.78 is 0. The van der Waals surface area contributed by atoms with Crippen molar-refractivity contribution in [1.29, 1.82) is 0 Å². The number of phenols is 5. The van der Waals surface area contributed by atoms with Crippen LogP contribution >= 0.6 is 11.6 Å². The predicted octanol–water partition coefficient (Wildman–Crippen LogP) is 4.20. The van der Waals surface area contributed by atoms with E-state index in [1.807, 2.05) is 30.3 Å². The molecule has 122 valence electrons. The van der Waals surface area contributed by atoms with Crippen molar-refractivity contribution in [1.82, 2.24) is 0 Å². The van der Waals surface area contributed by atoms with Gasteiger partial charge in [-0.05, 0) is 28.8 Å². The van der Waals surface area contributed by atoms with Crippen molar-refractivity contribution in [3.8, 4) is 51.0 Å². The van der Waals surface area contributed by atoms with Gasteiger partial charge in [-0.2, -0.15) is 0 Å². The van der Waals surface area contributed by atoms with Gasteiger partial charge in [-0.1, -0.05) is 48.0 Å². The van der Waals surface area contributed by atoms with Gasteiger partial charge < -0.3 is 25.5 Å². The van der Waals surface area contributed by atoms with Crippen LogP contribution in [0.3, 0.4) is 0 Å². The highest BCUT2D eigenvalue weighted by atomic mass is 35.5. The Bertz CT molecular complexity index is 893. The van der Waals surface area contributed by atoms with Crippen LogP contribution < -0.4 is 0 Å². The van der Waals surface area contributed by atoms with E-state index in [9.17, 15) is 25.5 Å². The molecule has 0 heterocycles. The van der Waals surface area contributed by atoms with Crippen molar-refractivity contribution in [3.05, 3.63) is 53.6 Å². The van der Waals surface area contributed by atoms with Crippen LogP contribution in [0.5, 0.6) is 28.7 Å². The molecule has 0 aliphatic heterocycles. The van der Waals surface area contributed by atoms with Gasteiger partial charge in [-0.25, -0.2) is 0 Å². The van der Waals surface area contributed by atoms with Crippen molar-refractivity contribution in [3.63, 3.8) is 0 Å². The van der Waals surface area contributed by atoms with Gasteiger partial charge in [0, 0.05) is 5.02 Å². The van der Waals surface area contributed by atoms with Gasteiger partial charge in [0.2, 0.25) is 17.2 Å². The minimum atomic E-state index is -0.996. The molecule has 0 fully saturated rings. The molecule has 0 aliphatic carbocycles. The molecular weight excluding hydrogens is 332 g/mol. The van der Waals surface area contributed by atoms with Crippen LogP contribution in [-0.4, -0.2) is 25.5 Å². The second-order valence-electron chi connectivity index (χ2n) is 5.17. The predicted molar refractivity (Wildman–Crippen MR) is 90.6 cm³/mol. The summed E-state index contributed by atoms with van der Waals surface area (Å²) in [6.07, 6.45) is 0. The topological polar surface area (TPSA) is 101 Å². The number of rotatable bonds is 2. The zero-order valence-corrected chi connectivity index (χ0v) is 13.0. The van der Waals surface area contributed by atoms with Crippen molar-refractivity contribution in [2.45, 2.75) is 0 Å². The number of phenolic OH excluding ortho intramolecular Hbond substituents is 5. The summed E-state index contributed by atoms with van der Waals surface area (Å²) in [5.41, 5.74) is 1.43. The van der Waals surface area contributed by atoms with Gasteiger partial charge in [0.05, 0.1) is 5.56 Å². The number of benzene rings is 3. The highest BCUT2D eigenvalue weighted by molar-refractivity contribution is 6.31. The quantitative estimate of drug-likeness (QED) is 0.354. The van der Waals surface area contributed by atoms with Gasteiger partial charge in [0.25, 0.3) is 0 Å². The smallest absolute Gasteiger partial charge is 0.208 e. The lowest BCUT2D eigenvalue weighted by Crippen LogP contribution is -1.89. The van der Waals surface area contributed by atoms with E-state index in [2.05, 4.69) is 0 Å². The number of aromatic hydroxyl groups is 5. The third kappa shape index (κ3) is 2.45. The highest BCUT2D eigenvalue weighted by Gasteiger charge is 2.25. The Kier molecular flexibility index (Phi) is 3.87. The Morgan fingerprint density at radius 3 is 1.71 bits per heavy atom. The third-order valence-electron chi connectivity index (χ3n) is 3.71. The molecular formula is C18H13ClO5. The summed E-state index contributed by atoms with van der Waals surface area (Å²) in [6.45, 7) is 0. The molecule has 6 heteroatoms. The lowest BCUT2D eigenvalue weighted by Gasteiger charge is -2.16. The molecule has 0 saturated carbocycles. The normalized spacial score (nSPS) is 10.7. The summed E-state index contributed by atoms with van der Waals surface area (Å²) in [6, 6.07) is 13.8. The monoisotopic (exact) mass is 344 g/mol. The van der Waals surface area contributed by atoms with Crippen LogP contribution in [0.4, 0.5) is 0 Å². The first-order valence-corrected chi connectivity index (χ1v) is 7.33. The number of halogens is 1. The van der Waals surface area contributed by atoms with Crippen LogP contribution in [-0.2, 0) is 0 Å². The van der Waals surface area contributed by atoms with E-state index in [4.69, 9.17) is 11.6 Å². The largest absolute Gasteiger partial charge is 0.504 e. The molecule has 3 rings (SSSR count). The van der Waals surface area contributed by atoms with E-state index < -0.39 is 28.7 Å². The first-order valence-electron chi connectivity index (χ1n) is 6.96. The standard InChI is InChI=1S/C18H13ClO5/c19-10-6-7-11(12(8-10)9-4-2-1-3-5-9)13-14(20)16(22)18(24)17(23)15(13)21/h1-8,20-24H. The summed E-state index contributed by atoms with van der Waals surface area (Å²) in [5, 5.41) is 49.8. The maximum atomic E-state index is 10.2. The first kappa shape index (κ1) is 15.8. The van der Waals surface area contributed by atoms with Gasteiger partial charge in [0.15, 0.2) is 11.5 Å². The van der Waals surface area contributed by atoms with Crippen molar-refractivity contribution in [2.24, 2.45) is 0 Å². The van der Waals surface area contributed by atoms with E-state index >= 15 is 0 Å². The summed E-state index contributed by atoms with van der Waals surface area (Å²) in [4.78, 5) is 0. The Morgan fingerprint density at radius 2 is 1.12 bits per heavy atom. The average molecular weight is 345 g/mol. The molecule has 3 aromatic rings.